The van der Waals surface area contributed by atoms with Crippen molar-refractivity contribution in [1.82, 2.24) is 10.2 Å². The molecule has 0 aliphatic carbocycles. The van der Waals surface area contributed by atoms with Crippen LogP contribution in [0.1, 0.15) is 31.4 Å². The maximum absolute atomic E-state index is 14.0. The maximum atomic E-state index is 14.0. The molecule has 0 bridgehead atoms. The summed E-state index contributed by atoms with van der Waals surface area (Å²) in [6.45, 7) is 3.34. The zero-order chi connectivity index (χ0) is 28.6. The monoisotopic (exact) mass is 589 g/mol. The van der Waals surface area contributed by atoms with Gasteiger partial charge in [0.2, 0.25) is 21.8 Å². The second kappa shape index (κ2) is 13.8. The molecule has 7 nitrogen and oxygen atoms in total. The summed E-state index contributed by atoms with van der Waals surface area (Å²) in [7, 11) is -3.87. The molecule has 0 aromatic heterocycles. The van der Waals surface area contributed by atoms with Crippen LogP contribution in [0.15, 0.2) is 78.9 Å². The third-order valence-corrected chi connectivity index (χ3v) is 8.09. The Morgan fingerprint density at radius 1 is 0.949 bits per heavy atom. The third-order valence-electron chi connectivity index (χ3n) is 6.35. The van der Waals surface area contributed by atoms with Gasteiger partial charge in [-0.25, -0.2) is 8.42 Å². The Morgan fingerprint density at radius 3 is 2.23 bits per heavy atom. The van der Waals surface area contributed by atoms with Gasteiger partial charge in [0, 0.05) is 29.1 Å². The first-order valence-electron chi connectivity index (χ1n) is 12.6. The highest BCUT2D eigenvalue weighted by molar-refractivity contribution is 7.92. The van der Waals surface area contributed by atoms with E-state index < -0.39 is 28.5 Å². The number of anilines is 1. The first-order valence-corrected chi connectivity index (χ1v) is 15.2. The van der Waals surface area contributed by atoms with Crippen molar-refractivity contribution in [2.45, 2.75) is 45.3 Å². The lowest BCUT2D eigenvalue weighted by molar-refractivity contribution is -0.140. The van der Waals surface area contributed by atoms with Crippen LogP contribution in [0.3, 0.4) is 0 Å². The Kier molecular flexibility index (Phi) is 10.8. The standard InChI is InChI=1S/C29H33Cl2N3O4S/c1-4-21(2)32-29(36)27(17-22-11-6-5-7-12-22)33(19-23-13-8-9-16-26(23)31)28(35)20-34(39(3,37)38)25-15-10-14-24(30)18-25/h5-16,18,21,27H,4,17,19-20H2,1-3H3,(H,32,36)/t21-,27+/m0/s1. The number of nitrogens with zero attached hydrogens (tertiary/aromatic N) is 2. The largest absolute Gasteiger partial charge is 0.352 e. The van der Waals surface area contributed by atoms with Crippen molar-refractivity contribution in [3.05, 3.63) is 100 Å². The molecular weight excluding hydrogens is 557 g/mol. The fourth-order valence-electron chi connectivity index (χ4n) is 4.05. The van der Waals surface area contributed by atoms with E-state index in [1.54, 1.807) is 42.5 Å². The van der Waals surface area contributed by atoms with Crippen LogP contribution in [-0.2, 0) is 32.6 Å². The van der Waals surface area contributed by atoms with Gasteiger partial charge in [-0.1, -0.05) is 84.7 Å². The van der Waals surface area contributed by atoms with E-state index in [0.29, 0.717) is 22.0 Å². The molecule has 0 saturated carbocycles. The summed E-state index contributed by atoms with van der Waals surface area (Å²) in [5.74, 6) is -0.886. The zero-order valence-electron chi connectivity index (χ0n) is 22.2. The van der Waals surface area contributed by atoms with Crippen molar-refractivity contribution >= 4 is 50.7 Å². The highest BCUT2D eigenvalue weighted by Crippen LogP contribution is 2.24. The summed E-state index contributed by atoms with van der Waals surface area (Å²) >= 11 is 12.6. The molecule has 2 amide bonds. The van der Waals surface area contributed by atoms with E-state index in [0.717, 1.165) is 16.1 Å². The zero-order valence-corrected chi connectivity index (χ0v) is 24.5. The van der Waals surface area contributed by atoms with Crippen LogP contribution in [-0.4, -0.2) is 50.0 Å². The minimum atomic E-state index is -3.87. The van der Waals surface area contributed by atoms with Crippen LogP contribution in [0.2, 0.25) is 10.0 Å². The Morgan fingerprint density at radius 2 is 1.62 bits per heavy atom. The first-order chi connectivity index (χ1) is 18.5. The summed E-state index contributed by atoms with van der Waals surface area (Å²) in [5, 5.41) is 3.76. The second-order valence-corrected chi connectivity index (χ2v) is 12.1. The van der Waals surface area contributed by atoms with E-state index in [1.165, 1.54) is 11.0 Å². The number of amides is 2. The molecule has 0 saturated heterocycles. The number of carbonyl (C=O) groups is 2. The van der Waals surface area contributed by atoms with Gasteiger partial charge >= 0.3 is 0 Å². The number of halogens is 2. The average molecular weight is 591 g/mol. The minimum Gasteiger partial charge on any atom is -0.352 e. The number of carbonyl (C=O) groups excluding carboxylic acids is 2. The first kappa shape index (κ1) is 30.5. The number of hydrogen-bond donors (Lipinski definition) is 1. The van der Waals surface area contributed by atoms with Crippen molar-refractivity contribution in [2.75, 3.05) is 17.1 Å². The predicted octanol–water partition coefficient (Wildman–Crippen LogP) is 5.31. The Balaban J connectivity index is 2.07. The van der Waals surface area contributed by atoms with Gasteiger partial charge in [0.15, 0.2) is 0 Å². The molecule has 0 fully saturated rings. The van der Waals surface area contributed by atoms with Crippen LogP contribution in [0.25, 0.3) is 0 Å². The fourth-order valence-corrected chi connectivity index (χ4v) is 5.27. The lowest BCUT2D eigenvalue weighted by Crippen LogP contribution is -2.54. The van der Waals surface area contributed by atoms with Gasteiger partial charge in [-0.2, -0.15) is 0 Å². The molecule has 3 aromatic rings. The van der Waals surface area contributed by atoms with Crippen LogP contribution in [0, 0.1) is 0 Å². The molecule has 0 unspecified atom stereocenters. The molecule has 1 N–H and O–H groups in total. The van der Waals surface area contributed by atoms with Crippen LogP contribution in [0.4, 0.5) is 5.69 Å². The van der Waals surface area contributed by atoms with E-state index in [1.807, 2.05) is 44.2 Å². The summed E-state index contributed by atoms with van der Waals surface area (Å²) in [6, 6.07) is 21.7. The van der Waals surface area contributed by atoms with Crippen LogP contribution >= 0.6 is 23.2 Å². The quantitative estimate of drug-likeness (QED) is 0.310. The highest BCUT2D eigenvalue weighted by Gasteiger charge is 2.33. The number of sulfonamides is 1. The van der Waals surface area contributed by atoms with Crippen molar-refractivity contribution in [1.29, 1.82) is 0 Å². The summed E-state index contributed by atoms with van der Waals surface area (Å²) in [6.07, 6.45) is 1.96. The second-order valence-electron chi connectivity index (χ2n) is 9.39. The van der Waals surface area contributed by atoms with Crippen molar-refractivity contribution in [3.8, 4) is 0 Å². The van der Waals surface area contributed by atoms with Gasteiger partial charge in [0.1, 0.15) is 12.6 Å². The minimum absolute atomic E-state index is 0.0110. The van der Waals surface area contributed by atoms with Gasteiger partial charge in [0.05, 0.1) is 11.9 Å². The van der Waals surface area contributed by atoms with Crippen LogP contribution in [0.5, 0.6) is 0 Å². The average Bonchev–Trinajstić information content (AvgIpc) is 2.89. The number of benzene rings is 3. The van der Waals surface area contributed by atoms with Crippen LogP contribution < -0.4 is 9.62 Å². The summed E-state index contributed by atoms with van der Waals surface area (Å²) < 4.78 is 26.6. The van der Waals surface area contributed by atoms with Crippen molar-refractivity contribution in [3.63, 3.8) is 0 Å². The molecule has 208 valence electrons. The van der Waals surface area contributed by atoms with Crippen molar-refractivity contribution < 1.29 is 18.0 Å². The normalized spacial score (nSPS) is 12.8. The van der Waals surface area contributed by atoms with Gasteiger partial charge in [-0.05, 0) is 48.7 Å². The molecule has 3 aromatic carbocycles. The molecule has 0 aliphatic rings. The topological polar surface area (TPSA) is 86.8 Å². The molecule has 2 atom stereocenters. The van der Waals surface area contributed by atoms with E-state index in [2.05, 4.69) is 5.32 Å². The molecule has 0 radical (unpaired) electrons. The van der Waals surface area contributed by atoms with Gasteiger partial charge in [0.25, 0.3) is 0 Å². The Hall–Kier alpha value is -3.07. The van der Waals surface area contributed by atoms with E-state index in [-0.39, 0.29) is 30.6 Å². The molecular formula is C29H33Cl2N3O4S. The number of nitrogens with one attached hydrogen (secondary N) is 1. The fraction of sp³-hybridized carbons (Fsp3) is 0.310. The van der Waals surface area contributed by atoms with E-state index in [4.69, 9.17) is 23.2 Å². The number of hydrogen-bond acceptors (Lipinski definition) is 4. The smallest absolute Gasteiger partial charge is 0.244 e. The van der Waals surface area contributed by atoms with Crippen molar-refractivity contribution in [2.24, 2.45) is 0 Å². The molecule has 0 aliphatic heterocycles. The lowest BCUT2D eigenvalue weighted by atomic mass is 10.0. The SMILES string of the molecule is CC[C@H](C)NC(=O)[C@@H](Cc1ccccc1)N(Cc1ccccc1Cl)C(=O)CN(c1cccc(Cl)c1)S(C)(=O)=O. The number of rotatable bonds is 12. The summed E-state index contributed by atoms with van der Waals surface area (Å²) in [5.41, 5.74) is 1.74. The van der Waals surface area contributed by atoms with Gasteiger partial charge < -0.3 is 10.2 Å². The van der Waals surface area contributed by atoms with E-state index >= 15 is 0 Å². The van der Waals surface area contributed by atoms with E-state index in [9.17, 15) is 18.0 Å². The molecule has 0 heterocycles. The molecule has 3 rings (SSSR count). The lowest BCUT2D eigenvalue weighted by Gasteiger charge is -2.34. The van der Waals surface area contributed by atoms with Gasteiger partial charge in [-0.3, -0.25) is 13.9 Å². The summed E-state index contributed by atoms with van der Waals surface area (Å²) in [4.78, 5) is 29.1. The molecule has 0 spiro atoms. The molecule has 39 heavy (non-hydrogen) atoms. The highest BCUT2D eigenvalue weighted by atomic mass is 35.5. The van der Waals surface area contributed by atoms with Gasteiger partial charge in [-0.15, -0.1) is 0 Å². The maximum Gasteiger partial charge on any atom is 0.244 e. The predicted molar refractivity (Wildman–Crippen MR) is 157 cm³/mol. The Bertz CT molecular complexity index is 1390. The third kappa shape index (κ3) is 8.71. The molecule has 10 heteroatoms. The Labute approximate surface area is 240 Å².